The molecule has 2 unspecified atom stereocenters. The lowest BCUT2D eigenvalue weighted by atomic mass is 10.1. The molecular formula is C33H33FN4O6S2. The third-order valence-electron chi connectivity index (χ3n) is 8.22. The summed E-state index contributed by atoms with van der Waals surface area (Å²) in [6.07, 6.45) is 1.13. The highest BCUT2D eigenvalue weighted by Gasteiger charge is 2.42. The minimum Gasteiger partial charge on any atom is -0.445 e. The number of amides is 3. The molecule has 13 heteroatoms. The molecule has 3 atom stereocenters. The molecule has 3 fully saturated rings. The fourth-order valence-corrected chi connectivity index (χ4v) is 8.91. The van der Waals surface area contributed by atoms with Crippen molar-refractivity contribution in [3.8, 4) is 0 Å². The maximum Gasteiger partial charge on any atom is 0.410 e. The molecule has 0 saturated carbocycles. The molecule has 3 heterocycles. The highest BCUT2D eigenvalue weighted by atomic mass is 32.2. The molecule has 3 aliphatic heterocycles. The molecule has 3 aromatic carbocycles. The summed E-state index contributed by atoms with van der Waals surface area (Å²) in [7, 11) is -3.14. The minimum atomic E-state index is -3.14. The molecule has 46 heavy (non-hydrogen) atoms. The van der Waals surface area contributed by atoms with Gasteiger partial charge in [-0.05, 0) is 66.6 Å². The lowest BCUT2D eigenvalue weighted by Gasteiger charge is -2.23. The number of halogens is 1. The van der Waals surface area contributed by atoms with Crippen LogP contribution >= 0.6 is 11.8 Å². The van der Waals surface area contributed by atoms with Crippen LogP contribution in [0.25, 0.3) is 0 Å². The van der Waals surface area contributed by atoms with E-state index in [0.717, 1.165) is 5.56 Å². The molecule has 10 nitrogen and oxygen atoms in total. The Labute approximate surface area is 270 Å². The number of carbonyl (C=O) groups excluding carboxylic acids is 3. The zero-order chi connectivity index (χ0) is 32.3. The van der Waals surface area contributed by atoms with E-state index in [1.54, 1.807) is 30.3 Å². The number of ether oxygens (including phenoxy) is 1. The number of benzene rings is 3. The zero-order valence-electron chi connectivity index (χ0n) is 24.9. The lowest BCUT2D eigenvalue weighted by molar-refractivity contribution is -0.126. The maximum absolute atomic E-state index is 13.9. The number of hydrogen-bond acceptors (Lipinski definition) is 8. The average molecular weight is 665 g/mol. The number of rotatable bonds is 8. The third-order valence-corrected chi connectivity index (χ3v) is 11.3. The molecule has 0 bridgehead atoms. The fourth-order valence-electron chi connectivity index (χ4n) is 5.88. The number of anilines is 1. The first-order valence-corrected chi connectivity index (χ1v) is 17.8. The van der Waals surface area contributed by atoms with E-state index in [1.807, 2.05) is 30.3 Å². The van der Waals surface area contributed by atoms with E-state index in [-0.39, 0.29) is 42.4 Å². The van der Waals surface area contributed by atoms with Crippen LogP contribution in [0.1, 0.15) is 35.6 Å². The first-order valence-electron chi connectivity index (χ1n) is 15.1. The molecular weight excluding hydrogens is 632 g/mol. The van der Waals surface area contributed by atoms with Crippen molar-refractivity contribution < 1.29 is 31.9 Å². The van der Waals surface area contributed by atoms with Gasteiger partial charge in [-0.3, -0.25) is 19.4 Å². The predicted octanol–water partition coefficient (Wildman–Crippen LogP) is 5.30. The van der Waals surface area contributed by atoms with Gasteiger partial charge in [0.15, 0.2) is 15.0 Å². The van der Waals surface area contributed by atoms with Crippen LogP contribution in [-0.4, -0.2) is 71.9 Å². The molecule has 0 aromatic heterocycles. The van der Waals surface area contributed by atoms with E-state index in [1.165, 1.54) is 39.8 Å². The van der Waals surface area contributed by atoms with Gasteiger partial charge in [-0.15, -0.1) is 0 Å². The minimum absolute atomic E-state index is 0.0108. The summed E-state index contributed by atoms with van der Waals surface area (Å²) < 4.78 is 43.5. The number of thioether (sulfide) groups is 1. The molecule has 0 aliphatic carbocycles. The molecule has 1 N–H and O–H groups in total. The van der Waals surface area contributed by atoms with Crippen molar-refractivity contribution in [1.29, 1.82) is 0 Å². The lowest BCUT2D eigenvalue weighted by Crippen LogP contribution is -2.43. The second-order valence-corrected chi connectivity index (χ2v) is 14.9. The van der Waals surface area contributed by atoms with Crippen molar-refractivity contribution in [1.82, 2.24) is 9.80 Å². The molecule has 6 rings (SSSR count). The normalized spacial score (nSPS) is 23.2. The number of amidine groups is 1. The van der Waals surface area contributed by atoms with Crippen LogP contribution in [0.2, 0.25) is 0 Å². The van der Waals surface area contributed by atoms with Crippen LogP contribution in [0.5, 0.6) is 0 Å². The SMILES string of the molecule is O=C(Nc1ccc(C2SC(=Nc3cccc(F)c3)N(CC3CCS(=O)(=O)C3)C2=O)cc1)[C@@H]1CCCN1C(=O)OCc1ccccc1. The van der Waals surface area contributed by atoms with E-state index < -0.39 is 33.0 Å². The average Bonchev–Trinajstić information content (AvgIpc) is 3.75. The summed E-state index contributed by atoms with van der Waals surface area (Å²) in [5, 5.41) is 2.60. The van der Waals surface area contributed by atoms with E-state index in [0.29, 0.717) is 47.9 Å². The monoisotopic (exact) mass is 664 g/mol. The highest BCUT2D eigenvalue weighted by Crippen LogP contribution is 2.41. The van der Waals surface area contributed by atoms with Gasteiger partial charge in [-0.2, -0.15) is 0 Å². The predicted molar refractivity (Wildman–Crippen MR) is 174 cm³/mol. The number of aliphatic imine (C=N–C) groups is 1. The second kappa shape index (κ2) is 13.6. The molecule has 3 aliphatic rings. The zero-order valence-corrected chi connectivity index (χ0v) is 26.5. The smallest absolute Gasteiger partial charge is 0.410 e. The summed E-state index contributed by atoms with van der Waals surface area (Å²) in [6, 6.07) is 21.3. The van der Waals surface area contributed by atoms with Gasteiger partial charge in [0.25, 0.3) is 0 Å². The fraction of sp³-hybridized carbons (Fsp3) is 0.333. The topological polar surface area (TPSA) is 125 Å². The third kappa shape index (κ3) is 7.42. The van der Waals surface area contributed by atoms with Crippen LogP contribution in [0.4, 0.5) is 20.6 Å². The standard InChI is InChI=1S/C33H33FN4O6S2/c34-25-8-4-9-27(18-25)36-32-38(19-23-15-17-46(42,43)21-23)31(40)29(45-32)24-11-13-26(14-12-24)35-30(39)28-10-5-16-37(28)33(41)44-20-22-6-2-1-3-7-22/h1-4,6-9,11-14,18,23,28-29H,5,10,15-17,19-21H2,(H,35,39)/t23?,28-,29?/m0/s1. The number of sulfone groups is 1. The van der Waals surface area contributed by atoms with Gasteiger partial charge in [0.1, 0.15) is 23.7 Å². The highest BCUT2D eigenvalue weighted by molar-refractivity contribution is 8.15. The Hall–Kier alpha value is -4.23. The van der Waals surface area contributed by atoms with Crippen LogP contribution in [0.3, 0.4) is 0 Å². The van der Waals surface area contributed by atoms with Gasteiger partial charge in [-0.25, -0.2) is 22.6 Å². The molecule has 3 saturated heterocycles. The number of nitrogens with zero attached hydrogens (tertiary/aromatic N) is 3. The van der Waals surface area contributed by atoms with Gasteiger partial charge in [0.2, 0.25) is 11.8 Å². The Kier molecular flexibility index (Phi) is 9.41. The Balaban J connectivity index is 1.12. The second-order valence-electron chi connectivity index (χ2n) is 11.6. The van der Waals surface area contributed by atoms with Crippen molar-refractivity contribution in [2.24, 2.45) is 10.9 Å². The number of carbonyl (C=O) groups is 3. The summed E-state index contributed by atoms with van der Waals surface area (Å²) in [4.78, 5) is 47.1. The van der Waals surface area contributed by atoms with Crippen LogP contribution in [0, 0.1) is 11.7 Å². The van der Waals surface area contributed by atoms with Crippen molar-refractivity contribution >= 4 is 56.0 Å². The molecule has 0 spiro atoms. The van der Waals surface area contributed by atoms with Gasteiger partial charge in [-0.1, -0.05) is 60.3 Å². The number of likely N-dealkylation sites (tertiary alicyclic amines) is 1. The summed E-state index contributed by atoms with van der Waals surface area (Å²) >= 11 is 1.22. The summed E-state index contributed by atoms with van der Waals surface area (Å²) in [6.45, 7) is 0.750. The summed E-state index contributed by atoms with van der Waals surface area (Å²) in [5.41, 5.74) is 2.39. The Morgan fingerprint density at radius 3 is 2.52 bits per heavy atom. The number of nitrogens with one attached hydrogen (secondary N) is 1. The molecule has 3 amide bonds. The Morgan fingerprint density at radius 2 is 1.80 bits per heavy atom. The van der Waals surface area contributed by atoms with Crippen molar-refractivity contribution in [2.45, 2.75) is 37.2 Å². The van der Waals surface area contributed by atoms with E-state index >= 15 is 0 Å². The summed E-state index contributed by atoms with van der Waals surface area (Å²) in [5.74, 6) is -1.13. The largest absolute Gasteiger partial charge is 0.445 e. The Bertz CT molecular complexity index is 1750. The molecule has 240 valence electrons. The van der Waals surface area contributed by atoms with E-state index in [2.05, 4.69) is 10.3 Å². The van der Waals surface area contributed by atoms with Gasteiger partial charge in [0.05, 0.1) is 17.2 Å². The van der Waals surface area contributed by atoms with E-state index in [9.17, 15) is 27.2 Å². The first kappa shape index (κ1) is 31.7. The van der Waals surface area contributed by atoms with Crippen molar-refractivity contribution in [2.75, 3.05) is 29.9 Å². The van der Waals surface area contributed by atoms with Gasteiger partial charge < -0.3 is 10.1 Å². The van der Waals surface area contributed by atoms with Crippen LogP contribution in [0.15, 0.2) is 83.9 Å². The Morgan fingerprint density at radius 1 is 1.02 bits per heavy atom. The van der Waals surface area contributed by atoms with Gasteiger partial charge in [0, 0.05) is 18.8 Å². The van der Waals surface area contributed by atoms with Crippen LogP contribution in [-0.2, 0) is 30.8 Å². The van der Waals surface area contributed by atoms with Gasteiger partial charge >= 0.3 is 6.09 Å². The van der Waals surface area contributed by atoms with Crippen LogP contribution < -0.4 is 5.32 Å². The number of hydrogen-bond donors (Lipinski definition) is 1. The molecule has 3 aromatic rings. The maximum atomic E-state index is 13.9. The quantitative estimate of drug-likeness (QED) is 0.346. The van der Waals surface area contributed by atoms with E-state index in [4.69, 9.17) is 4.74 Å². The van der Waals surface area contributed by atoms with Crippen molar-refractivity contribution in [3.63, 3.8) is 0 Å². The van der Waals surface area contributed by atoms with Crippen molar-refractivity contribution in [3.05, 3.63) is 95.8 Å². The molecule has 0 radical (unpaired) electrons. The first-order chi connectivity index (χ1) is 22.1.